The van der Waals surface area contributed by atoms with Gasteiger partial charge in [0, 0.05) is 0 Å². The van der Waals surface area contributed by atoms with Crippen molar-refractivity contribution >= 4 is 0 Å². The lowest BCUT2D eigenvalue weighted by atomic mass is 9.64. The number of aromatic hydroxyl groups is 1. The molecule has 2 bridgehead atoms. The smallest absolute Gasteiger partial charge is 0.121 e. The van der Waals surface area contributed by atoms with Gasteiger partial charge in [-0.15, -0.1) is 0 Å². The van der Waals surface area contributed by atoms with E-state index in [9.17, 15) is 5.11 Å². The van der Waals surface area contributed by atoms with Gasteiger partial charge in [0.1, 0.15) is 5.75 Å². The van der Waals surface area contributed by atoms with Crippen molar-refractivity contribution in [3.05, 3.63) is 28.8 Å². The van der Waals surface area contributed by atoms with Crippen LogP contribution in [0.2, 0.25) is 0 Å². The average molecular weight is 258 g/mol. The zero-order valence-electron chi connectivity index (χ0n) is 12.9. The summed E-state index contributed by atoms with van der Waals surface area (Å²) in [5.74, 6) is 1.89. The summed E-state index contributed by atoms with van der Waals surface area (Å²) in [6, 6.07) is 4.30. The van der Waals surface area contributed by atoms with Crippen LogP contribution in [0, 0.1) is 30.6 Å². The van der Waals surface area contributed by atoms with E-state index in [0.29, 0.717) is 22.5 Å². The summed E-state index contributed by atoms with van der Waals surface area (Å²) >= 11 is 0. The Bertz CT molecular complexity index is 529. The Balaban J connectivity index is 2.11. The molecule has 1 aromatic rings. The van der Waals surface area contributed by atoms with E-state index >= 15 is 0 Å². The predicted molar refractivity (Wildman–Crippen MR) is 79.6 cm³/mol. The minimum absolute atomic E-state index is 0.343. The molecular weight excluding hydrogens is 232 g/mol. The lowest BCUT2D eigenvalue weighted by Gasteiger charge is -2.40. The molecule has 0 amide bonds. The zero-order chi connectivity index (χ0) is 14.0. The number of benzene rings is 1. The first kappa shape index (κ1) is 13.0. The molecule has 3 rings (SSSR count). The summed E-state index contributed by atoms with van der Waals surface area (Å²) in [7, 11) is 0. The number of hydrogen-bond acceptors (Lipinski definition) is 1. The van der Waals surface area contributed by atoms with Crippen molar-refractivity contribution in [2.75, 3.05) is 0 Å². The summed E-state index contributed by atoms with van der Waals surface area (Å²) in [4.78, 5) is 0. The quantitative estimate of drug-likeness (QED) is 0.756. The van der Waals surface area contributed by atoms with E-state index in [4.69, 9.17) is 0 Å². The van der Waals surface area contributed by atoms with Crippen LogP contribution in [0.5, 0.6) is 5.75 Å². The van der Waals surface area contributed by atoms with Crippen LogP contribution in [-0.2, 0) is 0 Å². The van der Waals surface area contributed by atoms with Crippen LogP contribution < -0.4 is 0 Å². The number of phenols is 1. The van der Waals surface area contributed by atoms with Gasteiger partial charge in [0.2, 0.25) is 0 Å². The van der Waals surface area contributed by atoms with E-state index in [1.165, 1.54) is 30.4 Å². The fourth-order valence-corrected chi connectivity index (χ4v) is 4.93. The summed E-state index contributed by atoms with van der Waals surface area (Å²) < 4.78 is 0. The van der Waals surface area contributed by atoms with Gasteiger partial charge >= 0.3 is 0 Å². The van der Waals surface area contributed by atoms with E-state index in [1.807, 2.05) is 6.92 Å². The molecule has 0 unspecified atom stereocenters. The number of rotatable bonds is 1. The number of hydrogen-bond donors (Lipinski definition) is 1. The minimum atomic E-state index is 0.343. The van der Waals surface area contributed by atoms with Crippen LogP contribution >= 0.6 is 0 Å². The molecule has 104 valence electrons. The minimum Gasteiger partial charge on any atom is -0.507 e. The Morgan fingerprint density at radius 1 is 1.16 bits per heavy atom. The second kappa shape index (κ2) is 3.77. The molecule has 19 heavy (non-hydrogen) atoms. The van der Waals surface area contributed by atoms with E-state index in [2.05, 4.69) is 39.8 Å². The number of aryl methyl sites for hydroxylation is 2. The molecule has 0 radical (unpaired) electrons. The average Bonchev–Trinajstić information content (AvgIpc) is 2.66. The fraction of sp³-hybridized carbons (Fsp3) is 0.667. The molecule has 0 aliphatic heterocycles. The first-order chi connectivity index (χ1) is 8.77. The van der Waals surface area contributed by atoms with Gasteiger partial charge < -0.3 is 5.11 Å². The normalized spacial score (nSPS) is 35.8. The fourth-order valence-electron chi connectivity index (χ4n) is 4.93. The van der Waals surface area contributed by atoms with E-state index < -0.39 is 0 Å². The number of phenolic OH excluding ortho intramolecular Hbond substituents is 1. The molecule has 2 saturated carbocycles. The van der Waals surface area contributed by atoms with Crippen molar-refractivity contribution in [3.63, 3.8) is 0 Å². The Morgan fingerprint density at radius 3 is 2.37 bits per heavy atom. The standard InChI is InChI=1S/C18H26O/c1-11-8-12(2)16(19)14(9-11)15-10-13-6-7-18(15,5)17(13,3)4/h8-9,13,15,19H,6-7,10H2,1-5H3/t13-,15-,18-/m1/s1. The zero-order valence-corrected chi connectivity index (χ0v) is 12.9. The monoisotopic (exact) mass is 258 g/mol. The molecular formula is C18H26O. The van der Waals surface area contributed by atoms with Crippen molar-refractivity contribution in [1.82, 2.24) is 0 Å². The lowest BCUT2D eigenvalue weighted by Crippen LogP contribution is -2.31. The molecule has 0 saturated heterocycles. The summed E-state index contributed by atoms with van der Waals surface area (Å²) in [5.41, 5.74) is 4.25. The summed E-state index contributed by atoms with van der Waals surface area (Å²) in [5, 5.41) is 10.5. The summed E-state index contributed by atoms with van der Waals surface area (Å²) in [6.45, 7) is 11.5. The van der Waals surface area contributed by atoms with Crippen LogP contribution in [0.4, 0.5) is 0 Å². The summed E-state index contributed by atoms with van der Waals surface area (Å²) in [6.07, 6.45) is 3.92. The molecule has 0 heterocycles. The maximum Gasteiger partial charge on any atom is 0.121 e. The Morgan fingerprint density at radius 2 is 1.84 bits per heavy atom. The molecule has 1 heteroatoms. The number of fused-ring (bicyclic) bond motifs is 2. The van der Waals surface area contributed by atoms with Crippen molar-refractivity contribution in [1.29, 1.82) is 0 Å². The van der Waals surface area contributed by atoms with Crippen LogP contribution in [0.3, 0.4) is 0 Å². The van der Waals surface area contributed by atoms with Crippen LogP contribution in [0.1, 0.15) is 62.6 Å². The van der Waals surface area contributed by atoms with Gasteiger partial charge in [-0.1, -0.05) is 38.5 Å². The van der Waals surface area contributed by atoms with Crippen molar-refractivity contribution in [2.45, 2.75) is 59.8 Å². The van der Waals surface area contributed by atoms with Crippen molar-refractivity contribution < 1.29 is 5.11 Å². The third-order valence-electron chi connectivity index (χ3n) is 6.64. The van der Waals surface area contributed by atoms with Crippen LogP contribution in [-0.4, -0.2) is 5.11 Å². The second-order valence-corrected chi connectivity index (χ2v) is 7.68. The molecule has 0 spiro atoms. The highest BCUT2D eigenvalue weighted by Crippen LogP contribution is 2.71. The maximum absolute atomic E-state index is 10.5. The highest BCUT2D eigenvalue weighted by atomic mass is 16.3. The van der Waals surface area contributed by atoms with E-state index in [1.54, 1.807) is 0 Å². The van der Waals surface area contributed by atoms with Crippen LogP contribution in [0.15, 0.2) is 12.1 Å². The SMILES string of the molecule is Cc1cc(C)c(O)c([C@H]2C[C@H]3CC[C@@]2(C)C3(C)C)c1. The van der Waals surface area contributed by atoms with E-state index in [0.717, 1.165) is 11.5 Å². The van der Waals surface area contributed by atoms with Gasteiger partial charge in [-0.05, 0) is 66.9 Å². The Hall–Kier alpha value is -0.980. The van der Waals surface area contributed by atoms with Gasteiger partial charge in [0.05, 0.1) is 0 Å². The lowest BCUT2D eigenvalue weighted by molar-refractivity contribution is 0.133. The molecule has 1 nitrogen and oxygen atoms in total. The van der Waals surface area contributed by atoms with Crippen LogP contribution in [0.25, 0.3) is 0 Å². The largest absolute Gasteiger partial charge is 0.507 e. The second-order valence-electron chi connectivity index (χ2n) is 7.68. The highest BCUT2D eigenvalue weighted by molar-refractivity contribution is 5.46. The molecule has 1 aromatic carbocycles. The third-order valence-corrected chi connectivity index (χ3v) is 6.64. The van der Waals surface area contributed by atoms with Gasteiger partial charge in [-0.3, -0.25) is 0 Å². The third kappa shape index (κ3) is 1.53. The van der Waals surface area contributed by atoms with Gasteiger partial charge in [0.25, 0.3) is 0 Å². The highest BCUT2D eigenvalue weighted by Gasteiger charge is 2.61. The predicted octanol–water partition coefficient (Wildman–Crippen LogP) is 4.94. The molecule has 1 N–H and O–H groups in total. The van der Waals surface area contributed by atoms with Gasteiger partial charge in [-0.2, -0.15) is 0 Å². The maximum atomic E-state index is 10.5. The first-order valence-corrected chi connectivity index (χ1v) is 7.57. The van der Waals surface area contributed by atoms with Gasteiger partial charge in [-0.25, -0.2) is 0 Å². The van der Waals surface area contributed by atoms with Crippen molar-refractivity contribution in [3.8, 4) is 5.75 Å². The van der Waals surface area contributed by atoms with E-state index in [-0.39, 0.29) is 0 Å². The molecule has 0 aromatic heterocycles. The van der Waals surface area contributed by atoms with Crippen molar-refractivity contribution in [2.24, 2.45) is 16.7 Å². The molecule has 2 aliphatic carbocycles. The topological polar surface area (TPSA) is 20.2 Å². The van der Waals surface area contributed by atoms with Gasteiger partial charge in [0.15, 0.2) is 0 Å². The molecule has 2 fully saturated rings. The first-order valence-electron chi connectivity index (χ1n) is 7.57. The molecule has 2 aliphatic rings. The Labute approximate surface area is 117 Å². The molecule has 3 atom stereocenters. The Kier molecular flexibility index (Phi) is 2.59.